The van der Waals surface area contributed by atoms with E-state index < -0.39 is 0 Å². The molecule has 1 N–H and O–H groups in total. The van der Waals surface area contributed by atoms with Crippen LogP contribution in [0, 0.1) is 23.2 Å². The average molecular weight is 357 g/mol. The normalized spacial score (nSPS) is 21.2. The summed E-state index contributed by atoms with van der Waals surface area (Å²) in [7, 11) is 0. The van der Waals surface area contributed by atoms with Crippen LogP contribution < -0.4 is 10.2 Å². The Kier molecular flexibility index (Phi) is 4.71. The Morgan fingerprint density at radius 1 is 1.15 bits per heavy atom. The molecule has 2 unspecified atom stereocenters. The van der Waals surface area contributed by atoms with Gasteiger partial charge in [-0.25, -0.2) is 5.43 Å². The predicted octanol–water partition coefficient (Wildman–Crippen LogP) is 3.67. The Morgan fingerprint density at radius 2 is 1.85 bits per heavy atom. The standard InChI is InChI=1S/C22H19N3O2/c23-13-15-4-6-16(7-5-15)17-8-10-19(11-9-17)27-14-22(26)25-24-21-12-18-2-1-3-20(18)21/h1-2,4-11,18,20H,3,12,14H2,(H,25,26)/b24-21+. The number of nitrogens with one attached hydrogen (secondary N) is 1. The summed E-state index contributed by atoms with van der Waals surface area (Å²) in [6.07, 6.45) is 6.39. The summed E-state index contributed by atoms with van der Waals surface area (Å²) in [4.78, 5) is 11.9. The fourth-order valence-electron chi connectivity index (χ4n) is 3.46. The van der Waals surface area contributed by atoms with Gasteiger partial charge in [0.2, 0.25) is 0 Å². The highest BCUT2D eigenvalue weighted by molar-refractivity contribution is 5.94. The van der Waals surface area contributed by atoms with Crippen molar-refractivity contribution < 1.29 is 9.53 Å². The molecule has 2 aromatic carbocycles. The largest absolute Gasteiger partial charge is 0.484 e. The second-order valence-corrected chi connectivity index (χ2v) is 6.78. The van der Waals surface area contributed by atoms with Crippen molar-refractivity contribution >= 4 is 11.6 Å². The summed E-state index contributed by atoms with van der Waals surface area (Å²) in [5.41, 5.74) is 6.34. The summed E-state index contributed by atoms with van der Waals surface area (Å²) >= 11 is 0. The number of amides is 1. The maximum atomic E-state index is 11.9. The minimum absolute atomic E-state index is 0.0701. The van der Waals surface area contributed by atoms with Crippen LogP contribution in [0.4, 0.5) is 0 Å². The predicted molar refractivity (Wildman–Crippen MR) is 103 cm³/mol. The lowest BCUT2D eigenvalue weighted by atomic mass is 9.74. The zero-order valence-electron chi connectivity index (χ0n) is 14.8. The number of nitrogens with zero attached hydrogens (tertiary/aromatic N) is 2. The molecule has 0 aliphatic heterocycles. The molecule has 134 valence electrons. The third kappa shape index (κ3) is 3.75. The number of nitriles is 1. The number of allylic oxidation sites excluding steroid dienone is 2. The van der Waals surface area contributed by atoms with Gasteiger partial charge in [0, 0.05) is 11.6 Å². The van der Waals surface area contributed by atoms with Gasteiger partial charge in [-0.3, -0.25) is 4.79 Å². The molecule has 0 radical (unpaired) electrons. The Balaban J connectivity index is 1.27. The molecule has 0 saturated heterocycles. The monoisotopic (exact) mass is 357 g/mol. The van der Waals surface area contributed by atoms with Crippen LogP contribution >= 0.6 is 0 Å². The molecular formula is C22H19N3O2. The van der Waals surface area contributed by atoms with E-state index in [0.29, 0.717) is 23.1 Å². The number of carbonyl (C=O) groups excluding carboxylic acids is 1. The molecule has 0 spiro atoms. The van der Waals surface area contributed by atoms with Crippen LogP contribution in [0.15, 0.2) is 65.8 Å². The average Bonchev–Trinajstić information content (AvgIpc) is 3.08. The van der Waals surface area contributed by atoms with Crippen LogP contribution in [0.3, 0.4) is 0 Å². The molecule has 1 fully saturated rings. The highest BCUT2D eigenvalue weighted by Crippen LogP contribution is 2.40. The highest BCUT2D eigenvalue weighted by Gasteiger charge is 2.37. The molecule has 5 heteroatoms. The van der Waals surface area contributed by atoms with Gasteiger partial charge in [-0.1, -0.05) is 36.4 Å². The fourth-order valence-corrected chi connectivity index (χ4v) is 3.46. The van der Waals surface area contributed by atoms with Gasteiger partial charge in [-0.15, -0.1) is 0 Å². The van der Waals surface area contributed by atoms with Gasteiger partial charge in [-0.2, -0.15) is 10.4 Å². The molecule has 5 nitrogen and oxygen atoms in total. The van der Waals surface area contributed by atoms with Crippen molar-refractivity contribution in [1.29, 1.82) is 5.26 Å². The second-order valence-electron chi connectivity index (χ2n) is 6.78. The Bertz CT molecular complexity index is 937. The van der Waals surface area contributed by atoms with Gasteiger partial charge < -0.3 is 4.74 Å². The van der Waals surface area contributed by atoms with Gasteiger partial charge in [0.1, 0.15) is 5.75 Å². The number of benzene rings is 2. The first-order valence-electron chi connectivity index (χ1n) is 8.98. The molecule has 27 heavy (non-hydrogen) atoms. The summed E-state index contributed by atoms with van der Waals surface area (Å²) in [5.74, 6) is 1.47. The Morgan fingerprint density at radius 3 is 2.52 bits per heavy atom. The lowest BCUT2D eigenvalue weighted by molar-refractivity contribution is -0.123. The molecule has 1 saturated carbocycles. The Labute approximate surface area is 158 Å². The maximum Gasteiger partial charge on any atom is 0.277 e. The van der Waals surface area contributed by atoms with Crippen molar-refractivity contribution in [2.75, 3.05) is 6.61 Å². The topological polar surface area (TPSA) is 74.5 Å². The summed E-state index contributed by atoms with van der Waals surface area (Å²) in [6.45, 7) is -0.0701. The minimum atomic E-state index is -0.256. The summed E-state index contributed by atoms with van der Waals surface area (Å²) in [6, 6.07) is 17.0. The molecule has 2 aliphatic carbocycles. The fraction of sp³-hybridized carbons (Fsp3) is 0.227. The molecule has 0 bridgehead atoms. The van der Waals surface area contributed by atoms with E-state index >= 15 is 0 Å². The number of hydrazone groups is 1. The molecular weight excluding hydrogens is 338 g/mol. The van der Waals surface area contributed by atoms with Crippen molar-refractivity contribution in [2.24, 2.45) is 16.9 Å². The first kappa shape index (κ1) is 17.0. The number of ether oxygens (including phenoxy) is 1. The smallest absolute Gasteiger partial charge is 0.277 e. The van der Waals surface area contributed by atoms with Crippen molar-refractivity contribution in [1.82, 2.24) is 5.43 Å². The number of fused-ring (bicyclic) bond motifs is 1. The molecule has 4 rings (SSSR count). The van der Waals surface area contributed by atoms with Crippen LogP contribution in [0.5, 0.6) is 5.75 Å². The van der Waals surface area contributed by atoms with E-state index in [1.54, 1.807) is 12.1 Å². The number of hydrogen-bond acceptors (Lipinski definition) is 4. The van der Waals surface area contributed by atoms with E-state index in [1.807, 2.05) is 36.4 Å². The second kappa shape index (κ2) is 7.46. The Hall–Kier alpha value is -3.39. The van der Waals surface area contributed by atoms with Crippen molar-refractivity contribution in [3.8, 4) is 22.9 Å². The number of rotatable bonds is 5. The first-order valence-corrected chi connectivity index (χ1v) is 8.98. The molecule has 0 heterocycles. The van der Waals surface area contributed by atoms with E-state index in [1.165, 1.54) is 0 Å². The number of carbonyl (C=O) groups is 1. The van der Waals surface area contributed by atoms with E-state index in [4.69, 9.17) is 10.00 Å². The molecule has 1 amide bonds. The van der Waals surface area contributed by atoms with Crippen molar-refractivity contribution in [2.45, 2.75) is 12.8 Å². The third-order valence-corrected chi connectivity index (χ3v) is 5.06. The zero-order valence-corrected chi connectivity index (χ0v) is 14.8. The molecule has 2 aromatic rings. The third-order valence-electron chi connectivity index (χ3n) is 5.06. The van der Waals surface area contributed by atoms with Crippen LogP contribution in [0.1, 0.15) is 18.4 Å². The molecule has 2 atom stereocenters. The maximum absolute atomic E-state index is 11.9. The van der Waals surface area contributed by atoms with E-state index in [0.717, 1.165) is 29.7 Å². The van der Waals surface area contributed by atoms with E-state index in [2.05, 4.69) is 28.7 Å². The van der Waals surface area contributed by atoms with Gasteiger partial charge in [0.05, 0.1) is 11.6 Å². The quantitative estimate of drug-likeness (QED) is 0.655. The van der Waals surface area contributed by atoms with Crippen LogP contribution in [-0.4, -0.2) is 18.2 Å². The van der Waals surface area contributed by atoms with Crippen LogP contribution in [0.25, 0.3) is 11.1 Å². The lowest BCUT2D eigenvalue weighted by Gasteiger charge is -2.31. The van der Waals surface area contributed by atoms with Crippen LogP contribution in [0.2, 0.25) is 0 Å². The molecule has 0 aromatic heterocycles. The summed E-state index contributed by atoms with van der Waals surface area (Å²) in [5, 5.41) is 13.1. The van der Waals surface area contributed by atoms with Gasteiger partial charge in [-0.05, 0) is 54.2 Å². The van der Waals surface area contributed by atoms with Gasteiger partial charge >= 0.3 is 0 Å². The first-order chi connectivity index (χ1) is 13.2. The van der Waals surface area contributed by atoms with Crippen LogP contribution in [-0.2, 0) is 4.79 Å². The summed E-state index contributed by atoms with van der Waals surface area (Å²) < 4.78 is 5.53. The SMILES string of the molecule is N#Cc1ccc(-c2ccc(OCC(=O)N/N=C3\CC4C=CCC34)cc2)cc1. The van der Waals surface area contributed by atoms with E-state index in [-0.39, 0.29) is 12.5 Å². The van der Waals surface area contributed by atoms with Crippen molar-refractivity contribution in [3.63, 3.8) is 0 Å². The molecule has 2 aliphatic rings. The van der Waals surface area contributed by atoms with E-state index in [9.17, 15) is 4.79 Å². The highest BCUT2D eigenvalue weighted by atomic mass is 16.5. The lowest BCUT2D eigenvalue weighted by Crippen LogP contribution is -2.36. The van der Waals surface area contributed by atoms with Gasteiger partial charge in [0.15, 0.2) is 6.61 Å². The minimum Gasteiger partial charge on any atom is -0.484 e. The van der Waals surface area contributed by atoms with Gasteiger partial charge in [0.25, 0.3) is 5.91 Å². The number of hydrogen-bond donors (Lipinski definition) is 1. The zero-order chi connectivity index (χ0) is 18.6. The van der Waals surface area contributed by atoms with Crippen molar-refractivity contribution in [3.05, 3.63) is 66.2 Å².